The van der Waals surface area contributed by atoms with Crippen LogP contribution in [-0.2, 0) is 11.2 Å². The zero-order chi connectivity index (χ0) is 20.4. The van der Waals surface area contributed by atoms with E-state index >= 15 is 0 Å². The molecule has 0 bridgehead atoms. The van der Waals surface area contributed by atoms with E-state index in [1.165, 1.54) is 12.4 Å². The monoisotopic (exact) mass is 394 g/mol. The van der Waals surface area contributed by atoms with Crippen molar-refractivity contribution in [2.45, 2.75) is 20.3 Å². The van der Waals surface area contributed by atoms with Crippen LogP contribution >= 0.6 is 0 Å². The van der Waals surface area contributed by atoms with Gasteiger partial charge in [-0.1, -0.05) is 18.2 Å². The molecule has 0 atom stereocenters. The van der Waals surface area contributed by atoms with Crippen LogP contribution in [0.25, 0.3) is 5.82 Å². The third kappa shape index (κ3) is 4.11. The molecular weight excluding hydrogens is 371 g/mol. The van der Waals surface area contributed by atoms with Crippen molar-refractivity contribution in [1.82, 2.24) is 24.6 Å². The standard InChI is InChI=1S/C21H23FN6O/c1-15-11-16(2)28(25-15)20-13-19(23-14-24-20)26-7-9-27(10-8-26)21(29)12-17-5-3-4-6-18(17)22/h3-6,11,13-14H,7-10,12H2,1-2H3. The van der Waals surface area contributed by atoms with Gasteiger partial charge in [0.15, 0.2) is 5.82 Å². The fraction of sp³-hybridized carbons (Fsp3) is 0.333. The first-order valence-corrected chi connectivity index (χ1v) is 9.63. The van der Waals surface area contributed by atoms with Crippen LogP contribution in [0.3, 0.4) is 0 Å². The van der Waals surface area contributed by atoms with Crippen LogP contribution in [0.2, 0.25) is 0 Å². The maximum absolute atomic E-state index is 13.8. The van der Waals surface area contributed by atoms with Gasteiger partial charge in [0, 0.05) is 37.9 Å². The highest BCUT2D eigenvalue weighted by Crippen LogP contribution is 2.18. The first kappa shape index (κ1) is 19.0. The fourth-order valence-corrected chi connectivity index (χ4v) is 3.59. The first-order chi connectivity index (χ1) is 14.0. The number of carbonyl (C=O) groups excluding carboxylic acids is 1. The van der Waals surface area contributed by atoms with E-state index in [4.69, 9.17) is 0 Å². The molecule has 29 heavy (non-hydrogen) atoms. The summed E-state index contributed by atoms with van der Waals surface area (Å²) in [7, 11) is 0. The summed E-state index contributed by atoms with van der Waals surface area (Å²) >= 11 is 0. The molecule has 0 spiro atoms. The maximum atomic E-state index is 13.8. The molecule has 1 aliphatic heterocycles. The number of nitrogens with zero attached hydrogens (tertiary/aromatic N) is 6. The van der Waals surface area contributed by atoms with Crippen LogP contribution in [0.1, 0.15) is 17.0 Å². The third-order valence-electron chi connectivity index (χ3n) is 5.12. The number of piperazine rings is 1. The van der Waals surface area contributed by atoms with Gasteiger partial charge >= 0.3 is 0 Å². The molecule has 1 amide bonds. The number of aryl methyl sites for hydroxylation is 2. The van der Waals surface area contributed by atoms with E-state index in [-0.39, 0.29) is 18.1 Å². The quantitative estimate of drug-likeness (QED) is 0.679. The van der Waals surface area contributed by atoms with Gasteiger partial charge in [-0.05, 0) is 31.5 Å². The number of amides is 1. The van der Waals surface area contributed by atoms with Gasteiger partial charge in [0.1, 0.15) is 18.0 Å². The Morgan fingerprint density at radius 3 is 2.45 bits per heavy atom. The van der Waals surface area contributed by atoms with Gasteiger partial charge in [0.05, 0.1) is 12.1 Å². The summed E-state index contributed by atoms with van der Waals surface area (Å²) in [5.74, 6) is 1.14. The van der Waals surface area contributed by atoms with Gasteiger partial charge in [-0.3, -0.25) is 4.79 Å². The van der Waals surface area contributed by atoms with Gasteiger partial charge in [0.2, 0.25) is 5.91 Å². The molecule has 1 saturated heterocycles. The highest BCUT2D eigenvalue weighted by molar-refractivity contribution is 5.79. The number of halogens is 1. The van der Waals surface area contributed by atoms with E-state index in [0.29, 0.717) is 31.7 Å². The van der Waals surface area contributed by atoms with Gasteiger partial charge in [-0.25, -0.2) is 19.0 Å². The number of rotatable bonds is 4. The first-order valence-electron chi connectivity index (χ1n) is 9.63. The lowest BCUT2D eigenvalue weighted by Gasteiger charge is -2.35. The minimum atomic E-state index is -0.336. The molecule has 4 rings (SSSR count). The van der Waals surface area contributed by atoms with Crippen molar-refractivity contribution in [2.75, 3.05) is 31.1 Å². The van der Waals surface area contributed by atoms with E-state index in [2.05, 4.69) is 20.0 Å². The lowest BCUT2D eigenvalue weighted by Crippen LogP contribution is -2.49. The summed E-state index contributed by atoms with van der Waals surface area (Å²) in [6, 6.07) is 10.3. The van der Waals surface area contributed by atoms with Crippen molar-refractivity contribution >= 4 is 11.7 Å². The average Bonchev–Trinajstić information content (AvgIpc) is 3.08. The molecule has 0 aliphatic carbocycles. The van der Waals surface area contributed by atoms with Crippen LogP contribution < -0.4 is 4.90 Å². The van der Waals surface area contributed by atoms with E-state index in [0.717, 1.165) is 23.0 Å². The molecule has 1 aromatic carbocycles. The molecule has 3 aromatic rings. The van der Waals surface area contributed by atoms with Gasteiger partial charge in [-0.2, -0.15) is 5.10 Å². The Bertz CT molecular complexity index is 1030. The summed E-state index contributed by atoms with van der Waals surface area (Å²) in [6.07, 6.45) is 1.62. The SMILES string of the molecule is Cc1cc(C)n(-c2cc(N3CCN(C(=O)Cc4ccccc4F)CC3)ncn2)n1. The second-order valence-electron chi connectivity index (χ2n) is 7.21. The molecule has 1 aliphatic rings. The Kier molecular flexibility index (Phi) is 5.24. The number of hydrogen-bond acceptors (Lipinski definition) is 5. The molecule has 150 valence electrons. The average molecular weight is 394 g/mol. The molecule has 7 nitrogen and oxygen atoms in total. The molecule has 2 aromatic heterocycles. The largest absolute Gasteiger partial charge is 0.353 e. The lowest BCUT2D eigenvalue weighted by atomic mass is 10.1. The molecule has 1 fully saturated rings. The number of anilines is 1. The van der Waals surface area contributed by atoms with Crippen LogP contribution in [0.5, 0.6) is 0 Å². The second-order valence-corrected chi connectivity index (χ2v) is 7.21. The topological polar surface area (TPSA) is 67.2 Å². The maximum Gasteiger partial charge on any atom is 0.227 e. The minimum Gasteiger partial charge on any atom is -0.353 e. The van der Waals surface area contributed by atoms with Crippen molar-refractivity contribution in [3.05, 3.63) is 65.5 Å². The van der Waals surface area contributed by atoms with Crippen molar-refractivity contribution in [1.29, 1.82) is 0 Å². The van der Waals surface area contributed by atoms with Crippen LogP contribution in [0, 0.1) is 19.7 Å². The summed E-state index contributed by atoms with van der Waals surface area (Å²) in [5, 5.41) is 4.47. The van der Waals surface area contributed by atoms with Gasteiger partial charge < -0.3 is 9.80 Å². The smallest absolute Gasteiger partial charge is 0.227 e. The van der Waals surface area contributed by atoms with Gasteiger partial charge in [0.25, 0.3) is 0 Å². The van der Waals surface area contributed by atoms with Crippen molar-refractivity contribution < 1.29 is 9.18 Å². The summed E-state index contributed by atoms with van der Waals surface area (Å²) in [5.41, 5.74) is 2.38. The molecule has 0 unspecified atom stereocenters. The third-order valence-corrected chi connectivity index (χ3v) is 5.12. The normalized spacial score (nSPS) is 14.3. The van der Waals surface area contributed by atoms with Crippen LogP contribution in [-0.4, -0.2) is 56.7 Å². The molecule has 0 N–H and O–H groups in total. The highest BCUT2D eigenvalue weighted by atomic mass is 19.1. The second kappa shape index (κ2) is 7.98. The molecule has 3 heterocycles. The van der Waals surface area contributed by atoms with E-state index in [1.54, 1.807) is 27.8 Å². The Morgan fingerprint density at radius 1 is 1.03 bits per heavy atom. The molecule has 0 radical (unpaired) electrons. The number of carbonyl (C=O) groups is 1. The number of aromatic nitrogens is 4. The predicted octanol–water partition coefficient (Wildman–Crippen LogP) is 2.31. The highest BCUT2D eigenvalue weighted by Gasteiger charge is 2.23. The summed E-state index contributed by atoms with van der Waals surface area (Å²) < 4.78 is 15.6. The zero-order valence-electron chi connectivity index (χ0n) is 16.5. The van der Waals surface area contributed by atoms with Crippen molar-refractivity contribution in [2.24, 2.45) is 0 Å². The minimum absolute atomic E-state index is 0.0548. The summed E-state index contributed by atoms with van der Waals surface area (Å²) in [6.45, 7) is 6.41. The Morgan fingerprint density at radius 2 is 1.76 bits per heavy atom. The lowest BCUT2D eigenvalue weighted by molar-refractivity contribution is -0.130. The number of hydrogen-bond donors (Lipinski definition) is 0. The predicted molar refractivity (Wildman–Crippen MR) is 108 cm³/mol. The molecular formula is C21H23FN6O. The van der Waals surface area contributed by atoms with E-state index in [1.807, 2.05) is 26.0 Å². The van der Waals surface area contributed by atoms with E-state index in [9.17, 15) is 9.18 Å². The van der Waals surface area contributed by atoms with Gasteiger partial charge in [-0.15, -0.1) is 0 Å². The van der Waals surface area contributed by atoms with Crippen molar-refractivity contribution in [3.63, 3.8) is 0 Å². The Hall–Kier alpha value is -3.29. The van der Waals surface area contributed by atoms with Crippen LogP contribution in [0.4, 0.5) is 10.2 Å². The molecule has 0 saturated carbocycles. The van der Waals surface area contributed by atoms with Crippen molar-refractivity contribution in [3.8, 4) is 5.82 Å². The zero-order valence-corrected chi connectivity index (χ0v) is 16.5. The Labute approximate surface area is 168 Å². The molecule has 8 heteroatoms. The summed E-state index contributed by atoms with van der Waals surface area (Å²) in [4.78, 5) is 25.2. The Balaban J connectivity index is 1.41. The fourth-order valence-electron chi connectivity index (χ4n) is 3.59. The number of benzene rings is 1. The van der Waals surface area contributed by atoms with E-state index < -0.39 is 0 Å². The van der Waals surface area contributed by atoms with Crippen LogP contribution in [0.15, 0.2) is 42.7 Å².